The maximum Gasteiger partial charge on any atom is 0.279 e. The molecular formula is C11H6ClN3OS2. The summed E-state index contributed by atoms with van der Waals surface area (Å²) in [5, 5.41) is 2.44. The number of nitrogens with zero attached hydrogens (tertiary/aromatic N) is 3. The smallest absolute Gasteiger partial charge is 0.267 e. The third-order valence-corrected chi connectivity index (χ3v) is 3.71. The Morgan fingerprint density at radius 2 is 2.06 bits per heavy atom. The molecule has 0 bridgehead atoms. The summed E-state index contributed by atoms with van der Waals surface area (Å²) in [6, 6.07) is 6.67. The zero-order chi connectivity index (χ0) is 12.7. The van der Waals surface area contributed by atoms with Crippen LogP contribution in [0.3, 0.4) is 0 Å². The quantitative estimate of drug-likeness (QED) is 0.647. The highest BCUT2D eigenvalue weighted by atomic mass is 35.5. The Balaban J connectivity index is 2.17. The van der Waals surface area contributed by atoms with E-state index in [1.807, 2.05) is 5.38 Å². The van der Waals surface area contributed by atoms with Crippen LogP contribution in [-0.2, 0) is 0 Å². The molecule has 2 heterocycles. The van der Waals surface area contributed by atoms with Crippen molar-refractivity contribution < 1.29 is 4.79 Å². The summed E-state index contributed by atoms with van der Waals surface area (Å²) in [4.78, 5) is 17.2. The van der Waals surface area contributed by atoms with Crippen LogP contribution in [0, 0.1) is 4.77 Å². The summed E-state index contributed by atoms with van der Waals surface area (Å²) < 4.78 is 3.26. The lowest BCUT2D eigenvalue weighted by Crippen LogP contribution is -2.16. The average Bonchev–Trinajstić information content (AvgIpc) is 2.89. The Morgan fingerprint density at radius 1 is 1.33 bits per heavy atom. The second kappa shape index (κ2) is 4.31. The zero-order valence-electron chi connectivity index (χ0n) is 8.91. The van der Waals surface area contributed by atoms with Gasteiger partial charge in [-0.25, -0.2) is 4.52 Å². The van der Waals surface area contributed by atoms with E-state index in [9.17, 15) is 4.79 Å². The van der Waals surface area contributed by atoms with Crippen LogP contribution in [0.15, 0.2) is 35.8 Å². The van der Waals surface area contributed by atoms with Crippen molar-refractivity contribution in [3.63, 3.8) is 0 Å². The number of benzene rings is 1. The number of fused-ring (bicyclic) bond motifs is 1. The van der Waals surface area contributed by atoms with Crippen molar-refractivity contribution in [3.05, 3.63) is 51.2 Å². The lowest BCUT2D eigenvalue weighted by Gasteiger charge is -2.02. The lowest BCUT2D eigenvalue weighted by molar-refractivity contribution is 0.0938. The first-order chi connectivity index (χ1) is 8.66. The standard InChI is InChI=1S/C11H6ClN3OS2/c12-8-3-1-7(2-4-8)9(16)15-10(17)13-11-14(15)5-6-18-11/h1-6H. The first kappa shape index (κ1) is 11.6. The van der Waals surface area contributed by atoms with E-state index in [1.165, 1.54) is 16.0 Å². The minimum atomic E-state index is -0.220. The molecule has 90 valence electrons. The molecule has 18 heavy (non-hydrogen) atoms. The summed E-state index contributed by atoms with van der Waals surface area (Å²) in [7, 11) is 0. The molecule has 0 N–H and O–H groups in total. The van der Waals surface area contributed by atoms with Crippen molar-refractivity contribution in [1.82, 2.24) is 14.2 Å². The predicted molar refractivity (Wildman–Crippen MR) is 73.1 cm³/mol. The minimum absolute atomic E-state index is 0.220. The van der Waals surface area contributed by atoms with Gasteiger partial charge in [-0.3, -0.25) is 4.79 Å². The average molecular weight is 296 g/mol. The molecule has 0 aliphatic carbocycles. The molecule has 0 fully saturated rings. The van der Waals surface area contributed by atoms with Gasteiger partial charge in [-0.1, -0.05) is 11.6 Å². The highest BCUT2D eigenvalue weighted by Gasteiger charge is 2.14. The first-order valence-electron chi connectivity index (χ1n) is 5.02. The molecule has 1 aromatic carbocycles. The van der Waals surface area contributed by atoms with Crippen molar-refractivity contribution in [3.8, 4) is 0 Å². The number of rotatable bonds is 1. The highest BCUT2D eigenvalue weighted by molar-refractivity contribution is 7.71. The third-order valence-electron chi connectivity index (χ3n) is 2.44. The van der Waals surface area contributed by atoms with Gasteiger partial charge in [-0.15, -0.1) is 11.3 Å². The summed E-state index contributed by atoms with van der Waals surface area (Å²) in [5.41, 5.74) is 0.517. The van der Waals surface area contributed by atoms with Crippen LogP contribution < -0.4 is 0 Å². The number of thiazole rings is 1. The molecule has 3 aromatic rings. The molecule has 0 aliphatic heterocycles. The Bertz CT molecular complexity index is 785. The van der Waals surface area contributed by atoms with Gasteiger partial charge in [0.25, 0.3) is 5.91 Å². The number of halogens is 1. The molecule has 3 rings (SSSR count). The Morgan fingerprint density at radius 3 is 2.78 bits per heavy atom. The molecular weight excluding hydrogens is 290 g/mol. The van der Waals surface area contributed by atoms with Crippen LogP contribution >= 0.6 is 35.2 Å². The van der Waals surface area contributed by atoms with Crippen LogP contribution in [-0.4, -0.2) is 20.1 Å². The molecule has 0 saturated carbocycles. The fourth-order valence-corrected chi connectivity index (χ4v) is 2.75. The van der Waals surface area contributed by atoms with Crippen molar-refractivity contribution in [2.45, 2.75) is 0 Å². The lowest BCUT2D eigenvalue weighted by atomic mass is 10.2. The van der Waals surface area contributed by atoms with E-state index >= 15 is 0 Å². The number of hydrogen-bond acceptors (Lipinski definition) is 4. The Kier molecular flexibility index (Phi) is 2.77. The number of aromatic nitrogens is 3. The largest absolute Gasteiger partial charge is 0.279 e. The number of carbonyl (C=O) groups excluding carboxylic acids is 1. The van der Waals surface area contributed by atoms with Crippen molar-refractivity contribution in [2.75, 3.05) is 0 Å². The molecule has 0 spiro atoms. The maximum absolute atomic E-state index is 12.3. The van der Waals surface area contributed by atoms with E-state index in [-0.39, 0.29) is 10.7 Å². The van der Waals surface area contributed by atoms with E-state index in [4.69, 9.17) is 23.8 Å². The molecule has 2 aromatic heterocycles. The van der Waals surface area contributed by atoms with Gasteiger partial charge >= 0.3 is 0 Å². The van der Waals surface area contributed by atoms with Crippen LogP contribution in [0.25, 0.3) is 4.96 Å². The topological polar surface area (TPSA) is 39.3 Å². The summed E-state index contributed by atoms with van der Waals surface area (Å²) in [6.07, 6.45) is 1.76. The second-order valence-corrected chi connectivity index (χ2v) is 5.22. The van der Waals surface area contributed by atoms with Crippen LogP contribution in [0.2, 0.25) is 5.02 Å². The first-order valence-corrected chi connectivity index (χ1v) is 6.68. The van der Waals surface area contributed by atoms with E-state index in [1.54, 1.807) is 35.0 Å². The fraction of sp³-hybridized carbons (Fsp3) is 0. The van der Waals surface area contributed by atoms with Crippen molar-refractivity contribution >= 4 is 46.0 Å². The van der Waals surface area contributed by atoms with Gasteiger partial charge < -0.3 is 0 Å². The molecule has 0 atom stereocenters. The van der Waals surface area contributed by atoms with Gasteiger partial charge in [0.1, 0.15) is 0 Å². The molecule has 0 unspecified atom stereocenters. The van der Waals surface area contributed by atoms with Gasteiger partial charge in [0.2, 0.25) is 9.73 Å². The van der Waals surface area contributed by atoms with Crippen LogP contribution in [0.1, 0.15) is 10.4 Å². The van der Waals surface area contributed by atoms with E-state index in [0.717, 1.165) is 0 Å². The minimum Gasteiger partial charge on any atom is -0.267 e. The van der Waals surface area contributed by atoms with Gasteiger partial charge in [0, 0.05) is 22.2 Å². The van der Waals surface area contributed by atoms with E-state index in [2.05, 4.69) is 4.98 Å². The number of hydrogen-bond donors (Lipinski definition) is 0. The molecule has 4 nitrogen and oxygen atoms in total. The maximum atomic E-state index is 12.3. The predicted octanol–water partition coefficient (Wildman–Crippen LogP) is 3.27. The molecule has 0 aliphatic rings. The Hall–Kier alpha value is -1.50. The molecule has 0 radical (unpaired) electrons. The van der Waals surface area contributed by atoms with Gasteiger partial charge in [0.05, 0.1) is 0 Å². The third kappa shape index (κ3) is 1.78. The molecule has 0 amide bonds. The van der Waals surface area contributed by atoms with Crippen molar-refractivity contribution in [2.24, 2.45) is 0 Å². The second-order valence-electron chi connectivity index (χ2n) is 3.55. The van der Waals surface area contributed by atoms with Crippen LogP contribution in [0.5, 0.6) is 0 Å². The summed E-state index contributed by atoms with van der Waals surface area (Å²) in [6.45, 7) is 0. The normalized spacial score (nSPS) is 10.9. The monoisotopic (exact) mass is 295 g/mol. The van der Waals surface area contributed by atoms with E-state index in [0.29, 0.717) is 15.5 Å². The van der Waals surface area contributed by atoms with Gasteiger partial charge in [0.15, 0.2) is 0 Å². The highest BCUT2D eigenvalue weighted by Crippen LogP contribution is 2.14. The van der Waals surface area contributed by atoms with Crippen molar-refractivity contribution in [1.29, 1.82) is 0 Å². The SMILES string of the molecule is O=C(c1ccc(Cl)cc1)n1c(=S)nc2sccn21. The Labute approximate surface area is 116 Å². The zero-order valence-corrected chi connectivity index (χ0v) is 11.3. The summed E-state index contributed by atoms with van der Waals surface area (Å²) >= 11 is 12.3. The molecule has 7 heteroatoms. The van der Waals surface area contributed by atoms with Gasteiger partial charge in [-0.2, -0.15) is 9.67 Å². The summed E-state index contributed by atoms with van der Waals surface area (Å²) in [5.74, 6) is -0.220. The number of carbonyl (C=O) groups is 1. The molecule has 0 saturated heterocycles. The van der Waals surface area contributed by atoms with Gasteiger partial charge in [-0.05, 0) is 36.5 Å². The fourth-order valence-electron chi connectivity index (χ4n) is 1.62. The van der Waals surface area contributed by atoms with Crippen LogP contribution in [0.4, 0.5) is 0 Å². The van der Waals surface area contributed by atoms with E-state index < -0.39 is 0 Å².